The van der Waals surface area contributed by atoms with Gasteiger partial charge >= 0.3 is 6.18 Å². The van der Waals surface area contributed by atoms with Crippen LogP contribution in [0.4, 0.5) is 13.2 Å². The Bertz CT molecular complexity index is 2110. The summed E-state index contributed by atoms with van der Waals surface area (Å²) in [7, 11) is 4.77. The molecule has 9 nitrogen and oxygen atoms in total. The van der Waals surface area contributed by atoms with Gasteiger partial charge in [0.05, 0.1) is 33.4 Å². The van der Waals surface area contributed by atoms with Gasteiger partial charge in [-0.15, -0.1) is 5.10 Å². The van der Waals surface area contributed by atoms with Crippen LogP contribution in [-0.4, -0.2) is 58.9 Å². The molecule has 0 atom stereocenters. The Labute approximate surface area is 316 Å². The largest absolute Gasteiger partial charge is 0.497 e. The number of tetrazole rings is 1. The summed E-state index contributed by atoms with van der Waals surface area (Å²) in [6, 6.07) is 33.2. The van der Waals surface area contributed by atoms with Gasteiger partial charge in [0.1, 0.15) is 17.2 Å². The zero-order valence-electron chi connectivity index (χ0n) is 30.0. The number of methoxy groups -OCH3 is 3. The third-order valence-corrected chi connectivity index (χ3v) is 10.6. The Hall–Kier alpha value is -5.37. The van der Waals surface area contributed by atoms with Gasteiger partial charge in [0, 0.05) is 42.6 Å². The van der Waals surface area contributed by atoms with E-state index in [4.69, 9.17) is 14.2 Å². The Kier molecular flexibility index (Phi) is 11.2. The number of alkyl halides is 3. The Morgan fingerprint density at radius 1 is 0.722 bits per heavy atom. The van der Waals surface area contributed by atoms with Crippen molar-refractivity contribution in [2.24, 2.45) is 0 Å². The molecular weight excluding hydrogens is 714 g/mol. The lowest BCUT2D eigenvalue weighted by atomic mass is 9.90. The van der Waals surface area contributed by atoms with E-state index in [9.17, 15) is 0 Å². The molecule has 1 fully saturated rings. The van der Waals surface area contributed by atoms with E-state index in [-0.39, 0.29) is 17.3 Å². The van der Waals surface area contributed by atoms with Gasteiger partial charge < -0.3 is 19.5 Å². The molecule has 1 aliphatic rings. The third kappa shape index (κ3) is 8.38. The first kappa shape index (κ1) is 37.0. The summed E-state index contributed by atoms with van der Waals surface area (Å²) in [6.07, 6.45) is -4.68. The van der Waals surface area contributed by atoms with Gasteiger partial charge in [-0.3, -0.25) is 0 Å². The summed E-state index contributed by atoms with van der Waals surface area (Å²) in [5.74, 6) is 2.68. The van der Waals surface area contributed by atoms with Crippen LogP contribution < -0.4 is 19.5 Å². The molecule has 0 bridgehead atoms. The lowest BCUT2D eigenvalue weighted by Gasteiger charge is -2.28. The molecule has 1 aromatic heterocycles. The molecule has 0 amide bonds. The average molecular weight is 753 g/mol. The molecule has 278 valence electrons. The molecule has 0 aliphatic carbocycles. The number of hydrogen-bond donors (Lipinski definition) is 1. The highest BCUT2D eigenvalue weighted by atomic mass is 32.2. The molecule has 7 rings (SSSR count). The zero-order valence-corrected chi connectivity index (χ0v) is 30.8. The average Bonchev–Trinajstić information content (AvgIpc) is 3.62. The summed E-state index contributed by atoms with van der Waals surface area (Å²) in [4.78, 5) is 0.0000683. The highest BCUT2D eigenvalue weighted by molar-refractivity contribution is 7.97. The van der Waals surface area contributed by atoms with E-state index in [1.165, 1.54) is 17.7 Å². The van der Waals surface area contributed by atoms with Crippen LogP contribution in [0.5, 0.6) is 17.2 Å². The number of aromatic nitrogens is 4. The molecular formula is C41H39F3N6O3S. The van der Waals surface area contributed by atoms with Crippen LogP contribution in [0.25, 0.3) is 22.5 Å². The monoisotopic (exact) mass is 752 g/mol. The smallest absolute Gasteiger partial charge is 0.417 e. The van der Waals surface area contributed by atoms with Gasteiger partial charge in [-0.25, -0.2) is 8.99 Å². The van der Waals surface area contributed by atoms with E-state index in [0.29, 0.717) is 47.4 Å². The summed E-state index contributed by atoms with van der Waals surface area (Å²) >= 11 is 1.04. The van der Waals surface area contributed by atoms with Crippen LogP contribution in [0.3, 0.4) is 0 Å². The summed E-state index contributed by atoms with van der Waals surface area (Å²) in [6.45, 7) is 2.65. The topological polar surface area (TPSA) is 86.6 Å². The SMILES string of the molecule is COc1ccc(CN(Cc2ccc(OC)cc2)Sc2c(C(F)(F)F)ccc(-c3ccc(C4CNC4)cc3)c2-c2nnnn2Cc2ccc(OC)cc2)cc1. The van der Waals surface area contributed by atoms with E-state index in [0.717, 1.165) is 47.3 Å². The van der Waals surface area contributed by atoms with E-state index in [2.05, 4.69) is 33.0 Å². The van der Waals surface area contributed by atoms with Crippen LogP contribution in [0.1, 0.15) is 33.7 Å². The van der Waals surface area contributed by atoms with Crippen molar-refractivity contribution >= 4 is 11.9 Å². The van der Waals surface area contributed by atoms with Crippen LogP contribution in [-0.2, 0) is 25.8 Å². The van der Waals surface area contributed by atoms with Gasteiger partial charge in [0.15, 0.2) is 5.82 Å². The van der Waals surface area contributed by atoms with E-state index in [1.807, 2.05) is 89.2 Å². The van der Waals surface area contributed by atoms with E-state index < -0.39 is 11.7 Å². The quantitative estimate of drug-likeness (QED) is 0.110. The van der Waals surface area contributed by atoms with Crippen LogP contribution in [0, 0.1) is 0 Å². The normalized spacial score (nSPS) is 13.2. The molecule has 2 heterocycles. The molecule has 0 saturated carbocycles. The van der Waals surface area contributed by atoms with Crippen LogP contribution in [0.15, 0.2) is 114 Å². The number of ether oxygens (including phenoxy) is 3. The fourth-order valence-corrected chi connectivity index (χ4v) is 7.60. The lowest BCUT2D eigenvalue weighted by Crippen LogP contribution is -2.39. The first-order chi connectivity index (χ1) is 26.2. The first-order valence-electron chi connectivity index (χ1n) is 17.4. The Balaban J connectivity index is 1.38. The lowest BCUT2D eigenvalue weighted by molar-refractivity contribution is -0.139. The molecule has 1 aliphatic heterocycles. The van der Waals surface area contributed by atoms with Gasteiger partial charge in [0.25, 0.3) is 0 Å². The molecule has 5 aromatic carbocycles. The Morgan fingerprint density at radius 3 is 1.74 bits per heavy atom. The molecule has 0 spiro atoms. The number of rotatable bonds is 14. The Morgan fingerprint density at radius 2 is 1.26 bits per heavy atom. The van der Waals surface area contributed by atoms with E-state index >= 15 is 13.2 Å². The highest BCUT2D eigenvalue weighted by Crippen LogP contribution is 2.48. The predicted molar refractivity (Wildman–Crippen MR) is 202 cm³/mol. The van der Waals surface area contributed by atoms with Crippen LogP contribution in [0.2, 0.25) is 0 Å². The molecule has 1 N–H and O–H groups in total. The summed E-state index contributed by atoms with van der Waals surface area (Å²) in [5, 5.41) is 16.0. The van der Waals surface area contributed by atoms with Gasteiger partial charge in [-0.1, -0.05) is 66.7 Å². The van der Waals surface area contributed by atoms with Crippen molar-refractivity contribution in [1.82, 2.24) is 29.8 Å². The van der Waals surface area contributed by atoms with Crippen molar-refractivity contribution in [3.63, 3.8) is 0 Å². The van der Waals surface area contributed by atoms with Crippen molar-refractivity contribution < 1.29 is 27.4 Å². The van der Waals surface area contributed by atoms with Crippen molar-refractivity contribution in [2.45, 2.75) is 36.6 Å². The minimum atomic E-state index is -4.68. The molecule has 13 heteroatoms. The summed E-state index contributed by atoms with van der Waals surface area (Å²) < 4.78 is 65.3. The van der Waals surface area contributed by atoms with Gasteiger partial charge in [0.2, 0.25) is 0 Å². The second-order valence-electron chi connectivity index (χ2n) is 12.9. The first-order valence-corrected chi connectivity index (χ1v) is 18.1. The van der Waals surface area contributed by atoms with Gasteiger partial charge in [-0.05, 0) is 98.2 Å². The maximum absolute atomic E-state index is 15.2. The maximum atomic E-state index is 15.2. The van der Waals surface area contributed by atoms with Crippen molar-refractivity contribution in [1.29, 1.82) is 0 Å². The minimum Gasteiger partial charge on any atom is -0.497 e. The maximum Gasteiger partial charge on any atom is 0.417 e. The molecule has 54 heavy (non-hydrogen) atoms. The fourth-order valence-electron chi connectivity index (χ4n) is 6.34. The number of nitrogens with one attached hydrogen (secondary N) is 1. The predicted octanol–water partition coefficient (Wildman–Crippen LogP) is 8.50. The van der Waals surface area contributed by atoms with Crippen molar-refractivity contribution in [3.8, 4) is 39.8 Å². The molecule has 0 radical (unpaired) electrons. The third-order valence-electron chi connectivity index (χ3n) is 9.44. The zero-order chi connectivity index (χ0) is 37.7. The molecule has 0 unspecified atom stereocenters. The summed E-state index contributed by atoms with van der Waals surface area (Å²) in [5.41, 5.74) is 4.68. The second kappa shape index (κ2) is 16.3. The number of nitrogens with zero attached hydrogens (tertiary/aromatic N) is 5. The van der Waals surface area contributed by atoms with Crippen molar-refractivity contribution in [3.05, 3.63) is 137 Å². The number of hydrogen-bond acceptors (Lipinski definition) is 9. The minimum absolute atomic E-state index is 0.0000683. The van der Waals surface area contributed by atoms with Gasteiger partial charge in [-0.2, -0.15) is 13.2 Å². The molecule has 6 aromatic rings. The second-order valence-corrected chi connectivity index (χ2v) is 14.0. The standard InChI is InChI=1S/C41H39F3N6O3S/c1-51-33-14-4-27(5-15-33)24-49(25-28-6-16-34(52-2)17-7-28)54-39-37(41(42,43)44)21-20-36(31-12-10-30(11-13-31)32-22-45-23-32)38(39)40-46-47-48-50(40)26-29-8-18-35(53-3)19-9-29/h4-21,32,45H,22-26H2,1-3H3. The fraction of sp³-hybridized carbons (Fsp3) is 0.244. The number of benzene rings is 5. The molecule has 1 saturated heterocycles. The van der Waals surface area contributed by atoms with Crippen molar-refractivity contribution in [2.75, 3.05) is 34.4 Å². The number of halogens is 3. The highest BCUT2D eigenvalue weighted by Gasteiger charge is 2.38. The van der Waals surface area contributed by atoms with Crippen LogP contribution >= 0.6 is 11.9 Å². The van der Waals surface area contributed by atoms with E-state index in [1.54, 1.807) is 26.0 Å².